The van der Waals surface area contributed by atoms with E-state index >= 15 is 0 Å². The molecule has 0 fully saturated rings. The molecular formula is C21H19N7O2. The van der Waals surface area contributed by atoms with Crippen molar-refractivity contribution >= 4 is 11.6 Å². The highest BCUT2D eigenvalue weighted by molar-refractivity contribution is 5.93. The van der Waals surface area contributed by atoms with Crippen LogP contribution in [0.15, 0.2) is 71.8 Å². The van der Waals surface area contributed by atoms with Crippen molar-refractivity contribution in [2.45, 2.75) is 19.9 Å². The Balaban J connectivity index is 1.53. The Labute approximate surface area is 172 Å². The standard InChI is InChI=1S/C21H19N7O2/c1-14-3-5-16(6-4-14)19-11-12-20(29)28(24-19)15(2)21(30)23-17-7-9-18(10-8-17)27-13-22-25-26-27/h3-13,15H,1-2H3,(H,23,30). The third kappa shape index (κ3) is 4.00. The van der Waals surface area contributed by atoms with Crippen LogP contribution in [-0.2, 0) is 4.79 Å². The average Bonchev–Trinajstić information content (AvgIpc) is 3.30. The summed E-state index contributed by atoms with van der Waals surface area (Å²) in [6.45, 7) is 3.64. The second-order valence-corrected chi connectivity index (χ2v) is 6.83. The van der Waals surface area contributed by atoms with Gasteiger partial charge in [0.25, 0.3) is 5.56 Å². The summed E-state index contributed by atoms with van der Waals surface area (Å²) in [5.41, 5.74) is 3.63. The monoisotopic (exact) mass is 401 g/mol. The predicted octanol–water partition coefficient (Wildman–Crippen LogP) is 2.39. The lowest BCUT2D eigenvalue weighted by Crippen LogP contribution is -2.33. The molecule has 30 heavy (non-hydrogen) atoms. The molecule has 1 N–H and O–H groups in total. The molecule has 0 spiro atoms. The van der Waals surface area contributed by atoms with Crippen molar-refractivity contribution in [3.05, 3.63) is 82.9 Å². The number of anilines is 1. The van der Waals surface area contributed by atoms with Gasteiger partial charge in [0.2, 0.25) is 5.91 Å². The first-order valence-electron chi connectivity index (χ1n) is 9.32. The molecule has 1 atom stereocenters. The van der Waals surface area contributed by atoms with Crippen LogP contribution >= 0.6 is 0 Å². The van der Waals surface area contributed by atoms with E-state index in [1.807, 2.05) is 31.2 Å². The van der Waals surface area contributed by atoms with Gasteiger partial charge in [-0.15, -0.1) is 5.10 Å². The minimum Gasteiger partial charge on any atom is -0.324 e. The van der Waals surface area contributed by atoms with Crippen LogP contribution in [0, 0.1) is 6.92 Å². The van der Waals surface area contributed by atoms with Crippen molar-refractivity contribution in [2.24, 2.45) is 0 Å². The van der Waals surface area contributed by atoms with Crippen LogP contribution < -0.4 is 10.9 Å². The maximum atomic E-state index is 12.7. The zero-order valence-electron chi connectivity index (χ0n) is 16.4. The van der Waals surface area contributed by atoms with E-state index in [1.165, 1.54) is 21.8 Å². The Kier molecular flexibility index (Phi) is 5.17. The molecule has 4 rings (SSSR count). The Morgan fingerprint density at radius 1 is 1.00 bits per heavy atom. The Morgan fingerprint density at radius 2 is 1.73 bits per heavy atom. The summed E-state index contributed by atoms with van der Waals surface area (Å²) in [6.07, 6.45) is 1.48. The normalized spacial score (nSPS) is 11.8. The molecule has 2 heterocycles. The maximum Gasteiger partial charge on any atom is 0.267 e. The first kappa shape index (κ1) is 19.2. The fourth-order valence-corrected chi connectivity index (χ4v) is 2.92. The van der Waals surface area contributed by atoms with Gasteiger partial charge in [-0.3, -0.25) is 9.59 Å². The van der Waals surface area contributed by atoms with E-state index in [0.29, 0.717) is 11.4 Å². The number of hydrogen-bond donors (Lipinski definition) is 1. The topological polar surface area (TPSA) is 108 Å². The molecule has 0 aliphatic carbocycles. The molecule has 2 aromatic heterocycles. The number of nitrogens with zero attached hydrogens (tertiary/aromatic N) is 6. The smallest absolute Gasteiger partial charge is 0.267 e. The average molecular weight is 401 g/mol. The van der Waals surface area contributed by atoms with E-state index in [0.717, 1.165) is 16.8 Å². The first-order chi connectivity index (χ1) is 14.5. The first-order valence-corrected chi connectivity index (χ1v) is 9.32. The van der Waals surface area contributed by atoms with Gasteiger partial charge in [0.1, 0.15) is 12.4 Å². The minimum atomic E-state index is -0.790. The molecule has 0 saturated heterocycles. The number of aryl methyl sites for hydroxylation is 1. The van der Waals surface area contributed by atoms with Crippen molar-refractivity contribution in [3.8, 4) is 16.9 Å². The van der Waals surface area contributed by atoms with Crippen LogP contribution in [0.4, 0.5) is 5.69 Å². The summed E-state index contributed by atoms with van der Waals surface area (Å²) in [5.74, 6) is -0.346. The van der Waals surface area contributed by atoms with E-state index in [-0.39, 0.29) is 11.5 Å². The van der Waals surface area contributed by atoms with E-state index in [9.17, 15) is 9.59 Å². The summed E-state index contributed by atoms with van der Waals surface area (Å²) in [6, 6.07) is 17.1. The van der Waals surface area contributed by atoms with E-state index in [2.05, 4.69) is 25.9 Å². The molecule has 1 amide bonds. The summed E-state index contributed by atoms with van der Waals surface area (Å²) in [4.78, 5) is 25.1. The summed E-state index contributed by atoms with van der Waals surface area (Å²) < 4.78 is 2.70. The number of nitrogens with one attached hydrogen (secondary N) is 1. The number of aromatic nitrogens is 6. The van der Waals surface area contributed by atoms with Gasteiger partial charge in [-0.05, 0) is 54.6 Å². The third-order valence-corrected chi connectivity index (χ3v) is 4.67. The molecule has 0 saturated carbocycles. The highest BCUT2D eigenvalue weighted by Gasteiger charge is 2.18. The lowest BCUT2D eigenvalue weighted by atomic mass is 10.1. The number of carbonyl (C=O) groups excluding carboxylic acids is 1. The lowest BCUT2D eigenvalue weighted by Gasteiger charge is -2.15. The van der Waals surface area contributed by atoms with Crippen LogP contribution in [0.25, 0.3) is 16.9 Å². The Morgan fingerprint density at radius 3 is 2.40 bits per heavy atom. The number of hydrogen-bond acceptors (Lipinski definition) is 6. The molecule has 9 nitrogen and oxygen atoms in total. The molecule has 0 aliphatic heterocycles. The molecule has 1 unspecified atom stereocenters. The number of benzene rings is 2. The lowest BCUT2D eigenvalue weighted by molar-refractivity contribution is -0.119. The van der Waals surface area contributed by atoms with Gasteiger partial charge in [0.05, 0.1) is 11.4 Å². The molecule has 150 valence electrons. The molecule has 0 radical (unpaired) electrons. The highest BCUT2D eigenvalue weighted by Crippen LogP contribution is 2.18. The van der Waals surface area contributed by atoms with Gasteiger partial charge in [0, 0.05) is 17.3 Å². The summed E-state index contributed by atoms with van der Waals surface area (Å²) >= 11 is 0. The van der Waals surface area contributed by atoms with E-state index in [4.69, 9.17) is 0 Å². The SMILES string of the molecule is Cc1ccc(-c2ccc(=O)n(C(C)C(=O)Nc3ccc(-n4cnnn4)cc3)n2)cc1. The van der Waals surface area contributed by atoms with Crippen molar-refractivity contribution in [3.63, 3.8) is 0 Å². The maximum absolute atomic E-state index is 12.7. The molecule has 9 heteroatoms. The Bertz CT molecular complexity index is 1210. The van der Waals surface area contributed by atoms with Crippen LogP contribution in [0.1, 0.15) is 18.5 Å². The van der Waals surface area contributed by atoms with Gasteiger partial charge in [-0.2, -0.15) is 5.10 Å². The molecule has 0 aliphatic rings. The zero-order chi connectivity index (χ0) is 21.1. The van der Waals surface area contributed by atoms with Crippen LogP contribution in [0.2, 0.25) is 0 Å². The predicted molar refractivity (Wildman–Crippen MR) is 111 cm³/mol. The highest BCUT2D eigenvalue weighted by atomic mass is 16.2. The third-order valence-electron chi connectivity index (χ3n) is 4.67. The number of tetrazole rings is 1. The molecule has 4 aromatic rings. The zero-order valence-corrected chi connectivity index (χ0v) is 16.4. The van der Waals surface area contributed by atoms with Gasteiger partial charge in [-0.25, -0.2) is 9.36 Å². The fraction of sp³-hybridized carbons (Fsp3) is 0.143. The molecule has 2 aromatic carbocycles. The van der Waals surface area contributed by atoms with Crippen LogP contribution in [0.3, 0.4) is 0 Å². The van der Waals surface area contributed by atoms with E-state index in [1.54, 1.807) is 37.3 Å². The number of rotatable bonds is 5. The van der Waals surface area contributed by atoms with Crippen molar-refractivity contribution < 1.29 is 4.79 Å². The second kappa shape index (κ2) is 8.08. The molecular weight excluding hydrogens is 382 g/mol. The van der Waals surface area contributed by atoms with Crippen molar-refractivity contribution in [1.29, 1.82) is 0 Å². The summed E-state index contributed by atoms with van der Waals surface area (Å²) in [7, 11) is 0. The quantitative estimate of drug-likeness (QED) is 0.550. The summed E-state index contributed by atoms with van der Waals surface area (Å²) in [5, 5.41) is 18.2. The van der Waals surface area contributed by atoms with Crippen molar-refractivity contribution in [2.75, 3.05) is 5.32 Å². The van der Waals surface area contributed by atoms with E-state index < -0.39 is 6.04 Å². The van der Waals surface area contributed by atoms with Gasteiger partial charge in [-0.1, -0.05) is 29.8 Å². The van der Waals surface area contributed by atoms with Crippen LogP contribution in [0.5, 0.6) is 0 Å². The van der Waals surface area contributed by atoms with Crippen molar-refractivity contribution in [1.82, 2.24) is 30.0 Å². The number of carbonyl (C=O) groups is 1. The van der Waals surface area contributed by atoms with Gasteiger partial charge in [0.15, 0.2) is 0 Å². The second-order valence-electron chi connectivity index (χ2n) is 6.83. The minimum absolute atomic E-state index is 0.345. The Hall–Kier alpha value is -4.14. The fourth-order valence-electron chi connectivity index (χ4n) is 2.92. The van der Waals surface area contributed by atoms with Crippen LogP contribution in [-0.4, -0.2) is 35.9 Å². The van der Waals surface area contributed by atoms with Gasteiger partial charge >= 0.3 is 0 Å². The molecule has 0 bridgehead atoms. The van der Waals surface area contributed by atoms with Gasteiger partial charge < -0.3 is 5.32 Å². The number of amides is 1. The largest absolute Gasteiger partial charge is 0.324 e.